The molecule has 1 aliphatic carbocycles. The zero-order valence-electron chi connectivity index (χ0n) is 13.2. The standard InChI is InChI=1S/C22H24/c1-3-5-6-18-9-12-22-16-21(14-13-20(22)15-18)19-10-7-17(4-2)8-11-19/h3-4,7-12,15,21H,1-2,5-6,13-14,16H2. The van der Waals surface area contributed by atoms with Gasteiger partial charge in [0.05, 0.1) is 0 Å². The van der Waals surface area contributed by atoms with E-state index in [4.69, 9.17) is 0 Å². The Labute approximate surface area is 134 Å². The van der Waals surface area contributed by atoms with Crippen LogP contribution in [0.4, 0.5) is 0 Å². The van der Waals surface area contributed by atoms with Crippen LogP contribution in [0.2, 0.25) is 0 Å². The van der Waals surface area contributed by atoms with Crippen molar-refractivity contribution in [2.45, 2.75) is 38.0 Å². The summed E-state index contributed by atoms with van der Waals surface area (Å²) in [7, 11) is 0. The van der Waals surface area contributed by atoms with Gasteiger partial charge in [0.2, 0.25) is 0 Å². The van der Waals surface area contributed by atoms with E-state index in [1.807, 2.05) is 12.2 Å². The number of hydrogen-bond acceptors (Lipinski definition) is 0. The molecule has 1 aliphatic rings. The van der Waals surface area contributed by atoms with Crippen molar-refractivity contribution < 1.29 is 0 Å². The van der Waals surface area contributed by atoms with Gasteiger partial charge >= 0.3 is 0 Å². The third-order valence-corrected chi connectivity index (χ3v) is 4.78. The molecule has 0 fully saturated rings. The smallest absolute Gasteiger partial charge is 0.0118 e. The summed E-state index contributed by atoms with van der Waals surface area (Å²) >= 11 is 0. The Kier molecular flexibility index (Phi) is 4.58. The van der Waals surface area contributed by atoms with Gasteiger partial charge in [-0.25, -0.2) is 0 Å². The molecule has 0 saturated carbocycles. The Bertz CT molecular complexity index is 661. The highest BCUT2D eigenvalue weighted by atomic mass is 14.2. The maximum absolute atomic E-state index is 3.83. The molecule has 0 spiro atoms. The highest BCUT2D eigenvalue weighted by Crippen LogP contribution is 2.33. The lowest BCUT2D eigenvalue weighted by molar-refractivity contribution is 0.584. The molecule has 0 heteroatoms. The van der Waals surface area contributed by atoms with Crippen molar-refractivity contribution in [2.24, 2.45) is 0 Å². The highest BCUT2D eigenvalue weighted by Gasteiger charge is 2.20. The fourth-order valence-corrected chi connectivity index (χ4v) is 3.42. The van der Waals surface area contributed by atoms with E-state index in [1.165, 1.54) is 41.5 Å². The zero-order valence-corrected chi connectivity index (χ0v) is 13.2. The van der Waals surface area contributed by atoms with Crippen LogP contribution in [0.15, 0.2) is 61.7 Å². The quantitative estimate of drug-likeness (QED) is 0.617. The van der Waals surface area contributed by atoms with Crippen LogP contribution in [0.3, 0.4) is 0 Å². The summed E-state index contributed by atoms with van der Waals surface area (Å²) < 4.78 is 0. The van der Waals surface area contributed by atoms with E-state index in [9.17, 15) is 0 Å². The van der Waals surface area contributed by atoms with Gasteiger partial charge in [-0.3, -0.25) is 0 Å². The fourth-order valence-electron chi connectivity index (χ4n) is 3.42. The van der Waals surface area contributed by atoms with Crippen molar-refractivity contribution in [3.05, 3.63) is 89.5 Å². The average Bonchev–Trinajstić information content (AvgIpc) is 2.59. The van der Waals surface area contributed by atoms with Crippen LogP contribution in [-0.4, -0.2) is 0 Å². The van der Waals surface area contributed by atoms with Crippen LogP contribution in [0.5, 0.6) is 0 Å². The molecule has 22 heavy (non-hydrogen) atoms. The van der Waals surface area contributed by atoms with Crippen molar-refractivity contribution in [1.82, 2.24) is 0 Å². The van der Waals surface area contributed by atoms with E-state index in [0.29, 0.717) is 5.92 Å². The van der Waals surface area contributed by atoms with Crippen molar-refractivity contribution in [3.63, 3.8) is 0 Å². The van der Waals surface area contributed by atoms with Gasteiger partial charge in [0.15, 0.2) is 0 Å². The molecule has 0 aromatic heterocycles. The van der Waals surface area contributed by atoms with Gasteiger partial charge < -0.3 is 0 Å². The van der Waals surface area contributed by atoms with Crippen molar-refractivity contribution in [2.75, 3.05) is 0 Å². The normalized spacial score (nSPS) is 16.8. The molecule has 2 aromatic rings. The summed E-state index contributed by atoms with van der Waals surface area (Å²) in [6.07, 6.45) is 9.72. The van der Waals surface area contributed by atoms with E-state index in [1.54, 1.807) is 5.56 Å². The Morgan fingerprint density at radius 3 is 2.55 bits per heavy atom. The average molecular weight is 288 g/mol. The van der Waals surface area contributed by atoms with Gasteiger partial charge in [-0.05, 0) is 65.8 Å². The number of hydrogen-bond donors (Lipinski definition) is 0. The van der Waals surface area contributed by atoms with Crippen LogP contribution in [0, 0.1) is 0 Å². The monoisotopic (exact) mass is 288 g/mol. The third-order valence-electron chi connectivity index (χ3n) is 4.78. The van der Waals surface area contributed by atoms with Crippen LogP contribution in [-0.2, 0) is 19.3 Å². The number of rotatable bonds is 5. The lowest BCUT2D eigenvalue weighted by atomic mass is 9.79. The Hall–Kier alpha value is -2.08. The summed E-state index contributed by atoms with van der Waals surface area (Å²) in [4.78, 5) is 0. The topological polar surface area (TPSA) is 0 Å². The number of aryl methyl sites for hydroxylation is 2. The van der Waals surface area contributed by atoms with Gasteiger partial charge in [-0.2, -0.15) is 0 Å². The molecule has 0 radical (unpaired) electrons. The summed E-state index contributed by atoms with van der Waals surface area (Å²) in [6, 6.07) is 15.9. The summed E-state index contributed by atoms with van der Waals surface area (Å²) in [6.45, 7) is 7.64. The molecule has 1 atom stereocenters. The van der Waals surface area contributed by atoms with E-state index >= 15 is 0 Å². The SMILES string of the molecule is C=CCCc1ccc2c(c1)CCC(c1ccc(C=C)cc1)C2. The van der Waals surface area contributed by atoms with Gasteiger partial charge in [0.1, 0.15) is 0 Å². The van der Waals surface area contributed by atoms with Gasteiger partial charge in [0, 0.05) is 0 Å². The predicted octanol–water partition coefficient (Wildman–Crippen LogP) is 5.72. The van der Waals surface area contributed by atoms with Crippen molar-refractivity contribution >= 4 is 6.08 Å². The molecular formula is C22H24. The molecule has 0 nitrogen and oxygen atoms in total. The van der Waals surface area contributed by atoms with Crippen LogP contribution in [0.25, 0.3) is 6.08 Å². The third kappa shape index (κ3) is 3.22. The van der Waals surface area contributed by atoms with Crippen LogP contribution >= 0.6 is 0 Å². The molecule has 0 aliphatic heterocycles. The molecule has 0 N–H and O–H groups in total. The largest absolute Gasteiger partial charge is 0.103 e. The maximum Gasteiger partial charge on any atom is -0.0118 e. The second-order valence-electron chi connectivity index (χ2n) is 6.24. The number of benzene rings is 2. The fraction of sp³-hybridized carbons (Fsp3) is 0.273. The Balaban J connectivity index is 1.75. The zero-order chi connectivity index (χ0) is 15.4. The highest BCUT2D eigenvalue weighted by molar-refractivity contribution is 5.48. The first-order chi connectivity index (χ1) is 10.8. The first kappa shape index (κ1) is 14.8. The Morgan fingerprint density at radius 1 is 1.00 bits per heavy atom. The minimum absolute atomic E-state index is 0.658. The predicted molar refractivity (Wildman–Crippen MR) is 96.3 cm³/mol. The lowest BCUT2D eigenvalue weighted by Gasteiger charge is -2.25. The van der Waals surface area contributed by atoms with Gasteiger partial charge in [0.25, 0.3) is 0 Å². The molecule has 0 bridgehead atoms. The summed E-state index contributed by atoms with van der Waals surface area (Å²) in [5.74, 6) is 0.658. The Morgan fingerprint density at radius 2 is 1.82 bits per heavy atom. The molecule has 2 aromatic carbocycles. The minimum atomic E-state index is 0.658. The first-order valence-electron chi connectivity index (χ1n) is 8.24. The van der Waals surface area contributed by atoms with Crippen LogP contribution < -0.4 is 0 Å². The summed E-state index contributed by atoms with van der Waals surface area (Å²) in [5, 5.41) is 0. The second kappa shape index (κ2) is 6.79. The number of fused-ring (bicyclic) bond motifs is 1. The van der Waals surface area contributed by atoms with Crippen LogP contribution in [0.1, 0.15) is 46.6 Å². The van der Waals surface area contributed by atoms with Crippen molar-refractivity contribution in [3.8, 4) is 0 Å². The maximum atomic E-state index is 3.83. The molecule has 0 heterocycles. The first-order valence-corrected chi connectivity index (χ1v) is 8.24. The molecule has 0 saturated heterocycles. The molecule has 3 rings (SSSR count). The van der Waals surface area contributed by atoms with Gasteiger partial charge in [-0.15, -0.1) is 6.58 Å². The number of allylic oxidation sites excluding steroid dienone is 1. The summed E-state index contributed by atoms with van der Waals surface area (Å²) in [5.41, 5.74) is 7.21. The molecular weight excluding hydrogens is 264 g/mol. The lowest BCUT2D eigenvalue weighted by Crippen LogP contribution is -2.13. The molecule has 112 valence electrons. The van der Waals surface area contributed by atoms with E-state index < -0.39 is 0 Å². The minimum Gasteiger partial charge on any atom is -0.103 e. The van der Waals surface area contributed by atoms with Crippen molar-refractivity contribution in [1.29, 1.82) is 0 Å². The van der Waals surface area contributed by atoms with E-state index in [2.05, 4.69) is 55.6 Å². The van der Waals surface area contributed by atoms with Gasteiger partial charge in [-0.1, -0.05) is 61.2 Å². The second-order valence-corrected chi connectivity index (χ2v) is 6.24. The molecule has 0 amide bonds. The van der Waals surface area contributed by atoms with E-state index in [0.717, 1.165) is 12.8 Å². The van der Waals surface area contributed by atoms with E-state index in [-0.39, 0.29) is 0 Å². The molecule has 1 unspecified atom stereocenters.